The number of carbonyl (C=O) groups excluding carboxylic acids is 4. The monoisotopic (exact) mass is 519 g/mol. The number of Topliss-reactive ketones (excluding diaryl/α,β-unsaturated/α-hetero) is 1. The van der Waals surface area contributed by atoms with Crippen LogP contribution >= 0.6 is 11.3 Å². The summed E-state index contributed by atoms with van der Waals surface area (Å²) < 4.78 is 5.02. The molecule has 5 rings (SSSR count). The third kappa shape index (κ3) is 4.96. The van der Waals surface area contributed by atoms with Crippen LogP contribution in [0.15, 0.2) is 64.8 Å². The lowest BCUT2D eigenvalue weighted by Crippen LogP contribution is -2.53. The van der Waals surface area contributed by atoms with Crippen molar-refractivity contribution in [3.05, 3.63) is 71.5 Å². The molecule has 192 valence electrons. The quantitative estimate of drug-likeness (QED) is 0.511. The summed E-state index contributed by atoms with van der Waals surface area (Å²) in [6.07, 6.45) is 3.73. The van der Waals surface area contributed by atoms with E-state index in [-0.39, 0.29) is 42.0 Å². The van der Waals surface area contributed by atoms with Gasteiger partial charge in [0, 0.05) is 17.0 Å². The number of nitrogens with one attached hydrogen (secondary N) is 1. The number of rotatable bonds is 7. The third-order valence-corrected chi connectivity index (χ3v) is 7.92. The molecule has 0 radical (unpaired) electrons. The molecular formula is C28H29N3O5S. The third-order valence-electron chi connectivity index (χ3n) is 7.00. The highest BCUT2D eigenvalue weighted by Gasteiger charge is 2.52. The molecule has 3 aromatic rings. The second-order valence-electron chi connectivity index (χ2n) is 9.95. The fraction of sp³-hybridized carbons (Fsp3) is 0.357. The van der Waals surface area contributed by atoms with Crippen LogP contribution in [0.1, 0.15) is 47.4 Å². The maximum absolute atomic E-state index is 13.7. The molecule has 1 N–H and O–H groups in total. The van der Waals surface area contributed by atoms with Gasteiger partial charge in [-0.1, -0.05) is 32.0 Å². The molecule has 3 unspecified atom stereocenters. The molecule has 9 heteroatoms. The van der Waals surface area contributed by atoms with Crippen LogP contribution in [0.5, 0.6) is 0 Å². The highest BCUT2D eigenvalue weighted by atomic mass is 32.1. The Balaban J connectivity index is 1.30. The normalized spacial score (nSPS) is 19.8. The zero-order valence-corrected chi connectivity index (χ0v) is 21.6. The summed E-state index contributed by atoms with van der Waals surface area (Å²) in [6, 6.07) is 11.0. The molecule has 0 bridgehead atoms. The van der Waals surface area contributed by atoms with Crippen LogP contribution in [0, 0.1) is 5.92 Å². The number of thiophene rings is 1. The molecule has 0 spiro atoms. The summed E-state index contributed by atoms with van der Waals surface area (Å²) in [7, 11) is 0. The molecule has 2 aliphatic heterocycles. The van der Waals surface area contributed by atoms with Crippen molar-refractivity contribution < 1.29 is 23.6 Å². The second kappa shape index (κ2) is 10.3. The summed E-state index contributed by atoms with van der Waals surface area (Å²) in [5.74, 6) is -0.904. The first-order chi connectivity index (χ1) is 17.8. The molecule has 2 aliphatic rings. The summed E-state index contributed by atoms with van der Waals surface area (Å²) in [5.41, 5.74) is 1.88. The topological polar surface area (TPSA) is 99.9 Å². The van der Waals surface area contributed by atoms with Crippen molar-refractivity contribution in [1.29, 1.82) is 0 Å². The lowest BCUT2D eigenvalue weighted by atomic mass is 10.0. The van der Waals surface area contributed by atoms with E-state index in [2.05, 4.69) is 5.32 Å². The van der Waals surface area contributed by atoms with E-state index < -0.39 is 12.1 Å². The zero-order valence-electron chi connectivity index (χ0n) is 20.8. The van der Waals surface area contributed by atoms with Crippen molar-refractivity contribution in [2.24, 2.45) is 5.92 Å². The minimum Gasteiger partial charge on any atom is -0.472 e. The lowest BCUT2D eigenvalue weighted by Gasteiger charge is -2.29. The Hall–Kier alpha value is -3.72. The van der Waals surface area contributed by atoms with Crippen LogP contribution in [0.4, 0.5) is 0 Å². The Kier molecular flexibility index (Phi) is 6.97. The molecule has 3 atom stereocenters. The molecular weight excluding hydrogens is 490 g/mol. The first-order valence-electron chi connectivity index (χ1n) is 12.4. The van der Waals surface area contributed by atoms with E-state index in [9.17, 15) is 19.2 Å². The largest absolute Gasteiger partial charge is 0.472 e. The molecule has 0 aliphatic carbocycles. The van der Waals surface area contributed by atoms with Crippen molar-refractivity contribution >= 4 is 34.8 Å². The number of hydrogen-bond acceptors (Lipinski definition) is 6. The first kappa shape index (κ1) is 25.0. The van der Waals surface area contributed by atoms with Crippen molar-refractivity contribution in [2.75, 3.05) is 13.1 Å². The molecule has 2 saturated heterocycles. The fourth-order valence-corrected chi connectivity index (χ4v) is 5.99. The van der Waals surface area contributed by atoms with E-state index in [1.807, 2.05) is 43.5 Å². The minimum absolute atomic E-state index is 0.0408. The molecule has 8 nitrogen and oxygen atoms in total. The van der Waals surface area contributed by atoms with Crippen molar-refractivity contribution in [2.45, 2.75) is 44.8 Å². The van der Waals surface area contributed by atoms with Gasteiger partial charge in [0.25, 0.3) is 11.8 Å². The second-order valence-corrected chi connectivity index (χ2v) is 10.9. The molecule has 37 heavy (non-hydrogen) atoms. The number of carbonyl (C=O) groups is 4. The molecule has 0 saturated carbocycles. The van der Waals surface area contributed by atoms with Gasteiger partial charge in [0.2, 0.25) is 5.91 Å². The van der Waals surface area contributed by atoms with Gasteiger partial charge in [-0.3, -0.25) is 19.2 Å². The van der Waals surface area contributed by atoms with Crippen molar-refractivity contribution in [3.63, 3.8) is 0 Å². The SMILES string of the molecule is CC(C)CC(NC(=O)c1ccc(-c2cccs2)cc1)C(=O)N1CCC2C1C(=O)CN2C(=O)c1ccoc1. The standard InChI is InChI=1S/C28H29N3O5S/c1-17(2)14-21(29-26(33)19-7-5-18(6-8-19)24-4-3-13-37-24)28(35)30-11-9-22-25(30)23(32)15-31(22)27(34)20-10-12-36-16-20/h3-8,10,12-13,16-17,21-22,25H,9,11,14-15H2,1-2H3,(H,29,33). The summed E-state index contributed by atoms with van der Waals surface area (Å²) >= 11 is 1.63. The number of fused-ring (bicyclic) bond motifs is 1. The van der Waals surface area contributed by atoms with Gasteiger partial charge in [-0.2, -0.15) is 0 Å². The Bertz CT molecular complexity index is 1280. The lowest BCUT2D eigenvalue weighted by molar-refractivity contribution is -0.138. The Morgan fingerprint density at radius 3 is 2.51 bits per heavy atom. The first-order valence-corrected chi connectivity index (χ1v) is 13.3. The average Bonchev–Trinajstić information content (AvgIpc) is 3.69. The van der Waals surface area contributed by atoms with Crippen LogP contribution in [0.25, 0.3) is 10.4 Å². The minimum atomic E-state index is -0.769. The van der Waals surface area contributed by atoms with Crippen LogP contribution in [0.3, 0.4) is 0 Å². The zero-order chi connectivity index (χ0) is 26.1. The highest BCUT2D eigenvalue weighted by molar-refractivity contribution is 7.13. The number of hydrogen-bond donors (Lipinski definition) is 1. The van der Waals surface area contributed by atoms with Gasteiger partial charge in [0.1, 0.15) is 18.3 Å². The number of furan rings is 1. The Morgan fingerprint density at radius 2 is 1.86 bits per heavy atom. The predicted octanol–water partition coefficient (Wildman–Crippen LogP) is 3.85. The van der Waals surface area contributed by atoms with E-state index in [0.717, 1.165) is 10.4 Å². The Morgan fingerprint density at radius 1 is 1.08 bits per heavy atom. The van der Waals surface area contributed by atoms with E-state index in [4.69, 9.17) is 4.42 Å². The summed E-state index contributed by atoms with van der Waals surface area (Å²) in [6.45, 7) is 4.29. The maximum Gasteiger partial charge on any atom is 0.257 e. The van der Waals surface area contributed by atoms with Crippen molar-refractivity contribution in [1.82, 2.24) is 15.1 Å². The van der Waals surface area contributed by atoms with E-state index in [1.165, 1.54) is 17.4 Å². The average molecular weight is 520 g/mol. The predicted molar refractivity (Wildman–Crippen MR) is 139 cm³/mol. The van der Waals surface area contributed by atoms with Gasteiger partial charge in [-0.05, 0) is 54.0 Å². The number of nitrogens with zero attached hydrogens (tertiary/aromatic N) is 2. The van der Waals surface area contributed by atoms with Gasteiger partial charge in [0.05, 0.1) is 24.4 Å². The summed E-state index contributed by atoms with van der Waals surface area (Å²) in [5, 5.41) is 4.92. The number of benzene rings is 1. The molecule has 2 fully saturated rings. The van der Waals surface area contributed by atoms with E-state index in [0.29, 0.717) is 30.5 Å². The summed E-state index contributed by atoms with van der Waals surface area (Å²) in [4.78, 5) is 56.9. The van der Waals surface area contributed by atoms with Crippen LogP contribution in [0.2, 0.25) is 0 Å². The molecule has 2 aromatic heterocycles. The van der Waals surface area contributed by atoms with Gasteiger partial charge in [-0.25, -0.2) is 0 Å². The number of ketones is 1. The van der Waals surface area contributed by atoms with Gasteiger partial charge >= 0.3 is 0 Å². The van der Waals surface area contributed by atoms with Crippen LogP contribution in [-0.2, 0) is 9.59 Å². The highest BCUT2D eigenvalue weighted by Crippen LogP contribution is 2.32. The van der Waals surface area contributed by atoms with Crippen LogP contribution < -0.4 is 5.32 Å². The maximum atomic E-state index is 13.7. The molecule has 3 amide bonds. The molecule has 1 aromatic carbocycles. The fourth-order valence-electron chi connectivity index (χ4n) is 5.25. The molecule has 4 heterocycles. The van der Waals surface area contributed by atoms with Gasteiger partial charge in [0.15, 0.2) is 5.78 Å². The Labute approximate surface area is 219 Å². The number of amides is 3. The van der Waals surface area contributed by atoms with Crippen molar-refractivity contribution in [3.8, 4) is 10.4 Å². The smallest absolute Gasteiger partial charge is 0.257 e. The van der Waals surface area contributed by atoms with Crippen LogP contribution in [-0.4, -0.2) is 64.5 Å². The van der Waals surface area contributed by atoms with E-state index in [1.54, 1.807) is 34.4 Å². The van der Waals surface area contributed by atoms with Gasteiger partial charge in [-0.15, -0.1) is 11.3 Å². The van der Waals surface area contributed by atoms with Gasteiger partial charge < -0.3 is 19.5 Å². The van der Waals surface area contributed by atoms with E-state index >= 15 is 0 Å². The number of likely N-dealkylation sites (tertiary alicyclic amines) is 2.